The van der Waals surface area contributed by atoms with Crippen LogP contribution in [0.1, 0.15) is 18.5 Å². The molecule has 0 saturated carbocycles. The molecule has 0 bridgehead atoms. The Labute approximate surface area is 147 Å². The van der Waals surface area contributed by atoms with Crippen LogP contribution in [-0.2, 0) is 0 Å². The predicted octanol–water partition coefficient (Wildman–Crippen LogP) is 3.76. The Bertz CT molecular complexity index is 775. The summed E-state index contributed by atoms with van der Waals surface area (Å²) in [4.78, 5) is 0. The van der Waals surface area contributed by atoms with E-state index < -0.39 is 6.10 Å². The van der Waals surface area contributed by atoms with Crippen LogP contribution in [0.2, 0.25) is 0 Å². The van der Waals surface area contributed by atoms with Gasteiger partial charge in [-0.1, -0.05) is 37.3 Å². The molecule has 0 aliphatic rings. The lowest BCUT2D eigenvalue weighted by molar-refractivity contribution is 0.130. The maximum Gasteiger partial charge on any atom is 0.123 e. The number of aromatic nitrogens is 1. The van der Waals surface area contributed by atoms with Crippen LogP contribution in [0.15, 0.2) is 60.8 Å². The van der Waals surface area contributed by atoms with E-state index in [0.29, 0.717) is 6.54 Å². The third kappa shape index (κ3) is 3.78. The molecule has 0 radical (unpaired) electrons. The molecule has 0 spiro atoms. The predicted molar refractivity (Wildman–Crippen MR) is 98.3 cm³/mol. The third-order valence-corrected chi connectivity index (χ3v) is 4.09. The van der Waals surface area contributed by atoms with Gasteiger partial charge < -0.3 is 15.0 Å². The van der Waals surface area contributed by atoms with Gasteiger partial charge in [-0.25, -0.2) is 4.39 Å². The SMILES string of the molecule is CCNCC(O)C(c1ccccc1)n1ccc2cc(F)ccc21.Cl. The molecule has 0 aliphatic heterocycles. The molecule has 2 aromatic carbocycles. The Balaban J connectivity index is 0.00000208. The summed E-state index contributed by atoms with van der Waals surface area (Å²) in [5, 5.41) is 14.8. The summed E-state index contributed by atoms with van der Waals surface area (Å²) in [6.07, 6.45) is 1.33. The van der Waals surface area contributed by atoms with Crippen LogP contribution >= 0.6 is 12.4 Å². The first-order valence-electron chi connectivity index (χ1n) is 7.90. The van der Waals surface area contributed by atoms with Gasteiger partial charge >= 0.3 is 0 Å². The van der Waals surface area contributed by atoms with Crippen molar-refractivity contribution >= 4 is 23.3 Å². The van der Waals surface area contributed by atoms with E-state index in [0.717, 1.165) is 23.0 Å². The van der Waals surface area contributed by atoms with E-state index in [1.807, 2.05) is 54.1 Å². The molecule has 128 valence electrons. The summed E-state index contributed by atoms with van der Waals surface area (Å²) in [5.74, 6) is -0.250. The number of hydrogen-bond donors (Lipinski definition) is 2. The van der Waals surface area contributed by atoms with E-state index in [4.69, 9.17) is 0 Å². The smallest absolute Gasteiger partial charge is 0.123 e. The van der Waals surface area contributed by atoms with Crippen molar-refractivity contribution in [1.82, 2.24) is 9.88 Å². The lowest BCUT2D eigenvalue weighted by Crippen LogP contribution is -2.34. The van der Waals surface area contributed by atoms with Gasteiger partial charge in [0.15, 0.2) is 0 Å². The van der Waals surface area contributed by atoms with Gasteiger partial charge in [-0.15, -0.1) is 12.4 Å². The minimum atomic E-state index is -0.585. The summed E-state index contributed by atoms with van der Waals surface area (Å²) in [6, 6.07) is 16.3. The summed E-state index contributed by atoms with van der Waals surface area (Å²) < 4.78 is 15.4. The molecule has 24 heavy (non-hydrogen) atoms. The fourth-order valence-corrected chi connectivity index (χ4v) is 3.00. The first-order chi connectivity index (χ1) is 11.2. The Morgan fingerprint density at radius 1 is 1.12 bits per heavy atom. The summed E-state index contributed by atoms with van der Waals surface area (Å²) in [5.41, 5.74) is 1.94. The number of aliphatic hydroxyl groups excluding tert-OH is 1. The molecule has 2 atom stereocenters. The van der Waals surface area contributed by atoms with Crippen molar-refractivity contribution in [2.45, 2.75) is 19.1 Å². The summed E-state index contributed by atoms with van der Waals surface area (Å²) in [7, 11) is 0. The van der Waals surface area contributed by atoms with Crippen molar-refractivity contribution < 1.29 is 9.50 Å². The van der Waals surface area contributed by atoms with Gasteiger partial charge in [-0.2, -0.15) is 0 Å². The van der Waals surface area contributed by atoms with Crippen molar-refractivity contribution in [1.29, 1.82) is 0 Å². The molecule has 2 N–H and O–H groups in total. The fraction of sp³-hybridized carbons (Fsp3) is 0.263. The second-order valence-corrected chi connectivity index (χ2v) is 5.66. The number of halogens is 2. The standard InChI is InChI=1S/C19H21FN2O.ClH/c1-2-21-13-18(23)19(14-6-4-3-5-7-14)22-11-10-15-12-16(20)8-9-17(15)22;/h3-12,18-19,21,23H,2,13H2,1H3;1H. The Kier molecular flexibility index (Phi) is 6.37. The van der Waals surface area contributed by atoms with Crippen LogP contribution in [0.3, 0.4) is 0 Å². The maximum atomic E-state index is 13.4. The van der Waals surface area contributed by atoms with Crippen molar-refractivity contribution in [3.8, 4) is 0 Å². The first kappa shape index (κ1) is 18.5. The van der Waals surface area contributed by atoms with E-state index in [-0.39, 0.29) is 24.3 Å². The minimum absolute atomic E-state index is 0. The number of rotatable bonds is 6. The van der Waals surface area contributed by atoms with Crippen molar-refractivity contribution in [2.75, 3.05) is 13.1 Å². The van der Waals surface area contributed by atoms with Crippen molar-refractivity contribution in [3.05, 3.63) is 72.2 Å². The molecule has 5 heteroatoms. The molecule has 3 nitrogen and oxygen atoms in total. The number of benzene rings is 2. The topological polar surface area (TPSA) is 37.2 Å². The molecule has 3 aromatic rings. The molecular weight excluding hydrogens is 327 g/mol. The van der Waals surface area contributed by atoms with Gasteiger partial charge in [0, 0.05) is 23.6 Å². The zero-order valence-electron chi connectivity index (χ0n) is 13.5. The zero-order chi connectivity index (χ0) is 16.2. The number of nitrogens with one attached hydrogen (secondary N) is 1. The zero-order valence-corrected chi connectivity index (χ0v) is 14.3. The highest BCUT2D eigenvalue weighted by molar-refractivity contribution is 5.85. The Morgan fingerprint density at radius 3 is 2.58 bits per heavy atom. The number of aliphatic hydroxyl groups is 1. The van der Waals surface area contributed by atoms with Gasteiger partial charge in [-0.3, -0.25) is 0 Å². The van der Waals surface area contributed by atoms with Crippen molar-refractivity contribution in [2.24, 2.45) is 0 Å². The normalized spacial score (nSPS) is 13.5. The number of hydrogen-bond acceptors (Lipinski definition) is 2. The molecule has 0 saturated heterocycles. The van der Waals surface area contributed by atoms with Gasteiger partial charge in [-0.05, 0) is 36.4 Å². The molecule has 0 aliphatic carbocycles. The fourth-order valence-electron chi connectivity index (χ4n) is 3.00. The number of likely N-dealkylation sites (N-methyl/N-ethyl adjacent to an activating group) is 1. The highest BCUT2D eigenvalue weighted by atomic mass is 35.5. The van der Waals surface area contributed by atoms with Crippen LogP contribution in [0.5, 0.6) is 0 Å². The number of nitrogens with zero attached hydrogens (tertiary/aromatic N) is 1. The summed E-state index contributed by atoms with van der Waals surface area (Å²) >= 11 is 0. The largest absolute Gasteiger partial charge is 0.389 e. The first-order valence-corrected chi connectivity index (χ1v) is 7.90. The van der Waals surface area contributed by atoms with E-state index in [9.17, 15) is 9.50 Å². The van der Waals surface area contributed by atoms with E-state index in [1.165, 1.54) is 12.1 Å². The molecule has 0 amide bonds. The highest BCUT2D eigenvalue weighted by Gasteiger charge is 2.23. The van der Waals surface area contributed by atoms with Crippen LogP contribution in [0, 0.1) is 5.82 Å². The molecular formula is C19H22ClFN2O. The Hall–Kier alpha value is -1.88. The van der Waals surface area contributed by atoms with Gasteiger partial charge in [0.1, 0.15) is 5.82 Å². The molecule has 3 rings (SSSR count). The second kappa shape index (κ2) is 8.29. The van der Waals surface area contributed by atoms with E-state index >= 15 is 0 Å². The Morgan fingerprint density at radius 2 is 1.88 bits per heavy atom. The quantitative estimate of drug-likeness (QED) is 0.711. The van der Waals surface area contributed by atoms with E-state index in [2.05, 4.69) is 5.32 Å². The van der Waals surface area contributed by atoms with Gasteiger partial charge in [0.05, 0.1) is 12.1 Å². The third-order valence-electron chi connectivity index (χ3n) is 4.09. The maximum absolute atomic E-state index is 13.4. The monoisotopic (exact) mass is 348 g/mol. The van der Waals surface area contributed by atoms with Crippen LogP contribution < -0.4 is 5.32 Å². The second-order valence-electron chi connectivity index (χ2n) is 5.66. The lowest BCUT2D eigenvalue weighted by atomic mass is 10.0. The number of fused-ring (bicyclic) bond motifs is 1. The van der Waals surface area contributed by atoms with Gasteiger partial charge in [0.2, 0.25) is 0 Å². The average Bonchev–Trinajstić information content (AvgIpc) is 2.97. The van der Waals surface area contributed by atoms with Crippen LogP contribution in [0.25, 0.3) is 10.9 Å². The average molecular weight is 349 g/mol. The molecule has 1 aromatic heterocycles. The van der Waals surface area contributed by atoms with Crippen molar-refractivity contribution in [3.63, 3.8) is 0 Å². The summed E-state index contributed by atoms with van der Waals surface area (Å²) in [6.45, 7) is 3.31. The molecule has 0 fully saturated rings. The van der Waals surface area contributed by atoms with E-state index in [1.54, 1.807) is 6.07 Å². The van der Waals surface area contributed by atoms with Crippen LogP contribution in [-0.4, -0.2) is 28.9 Å². The van der Waals surface area contributed by atoms with Gasteiger partial charge in [0.25, 0.3) is 0 Å². The lowest BCUT2D eigenvalue weighted by Gasteiger charge is -2.26. The highest BCUT2D eigenvalue weighted by Crippen LogP contribution is 2.28. The minimum Gasteiger partial charge on any atom is -0.389 e. The molecule has 2 unspecified atom stereocenters. The molecule has 1 heterocycles. The van der Waals surface area contributed by atoms with Crippen LogP contribution in [0.4, 0.5) is 4.39 Å².